The minimum absolute atomic E-state index is 0.560. The van der Waals surface area contributed by atoms with Crippen molar-refractivity contribution in [2.45, 2.75) is 19.8 Å². The third-order valence-corrected chi connectivity index (χ3v) is 4.04. The minimum Gasteiger partial charge on any atom is -0.480 e. The Labute approximate surface area is 122 Å². The predicted octanol–water partition coefficient (Wildman–Crippen LogP) is 2.39. The number of ether oxygens (including phenoxy) is 1. The van der Waals surface area contributed by atoms with E-state index in [0.717, 1.165) is 23.5 Å². The zero-order valence-electron chi connectivity index (χ0n) is 11.5. The first-order valence-corrected chi connectivity index (χ1v) is 7.51. The molecule has 0 spiro atoms. The number of nitrogens with one attached hydrogen (secondary N) is 1. The summed E-state index contributed by atoms with van der Waals surface area (Å²) < 4.78 is 5.91. The van der Waals surface area contributed by atoms with E-state index in [0.29, 0.717) is 11.8 Å². The molecule has 1 fully saturated rings. The second-order valence-electron chi connectivity index (χ2n) is 5.00. The van der Waals surface area contributed by atoms with Crippen molar-refractivity contribution in [3.8, 4) is 5.88 Å². The summed E-state index contributed by atoms with van der Waals surface area (Å²) in [6.07, 6.45) is 4.32. The summed E-state index contributed by atoms with van der Waals surface area (Å²) in [6, 6.07) is 0. The fraction of sp³-hybridized carbons (Fsp3) is 0.692. The normalized spacial score (nSPS) is 17.4. The number of hydrogen-bond donors (Lipinski definition) is 1. The van der Waals surface area contributed by atoms with E-state index in [1.165, 1.54) is 25.9 Å². The average molecular weight is 329 g/mol. The van der Waals surface area contributed by atoms with Crippen LogP contribution in [-0.4, -0.2) is 48.2 Å². The van der Waals surface area contributed by atoms with Crippen molar-refractivity contribution >= 4 is 21.9 Å². The second kappa shape index (κ2) is 7.05. The second-order valence-corrected chi connectivity index (χ2v) is 5.86. The Morgan fingerprint density at radius 1 is 1.47 bits per heavy atom. The molecule has 1 N–H and O–H groups in total. The SMILES string of the molecule is COc1nc(NCCN2CCC(C)CC2)ncc1Br. The van der Waals surface area contributed by atoms with Crippen LogP contribution in [0.15, 0.2) is 10.7 Å². The van der Waals surface area contributed by atoms with Crippen LogP contribution < -0.4 is 10.1 Å². The maximum atomic E-state index is 5.15. The van der Waals surface area contributed by atoms with Gasteiger partial charge in [0.15, 0.2) is 0 Å². The van der Waals surface area contributed by atoms with E-state index in [1.807, 2.05) is 0 Å². The van der Waals surface area contributed by atoms with E-state index in [1.54, 1.807) is 13.3 Å². The lowest BCUT2D eigenvalue weighted by Crippen LogP contribution is -2.36. The Balaban J connectivity index is 1.76. The van der Waals surface area contributed by atoms with Gasteiger partial charge in [0.2, 0.25) is 11.8 Å². The van der Waals surface area contributed by atoms with E-state index < -0.39 is 0 Å². The van der Waals surface area contributed by atoms with Gasteiger partial charge in [0, 0.05) is 13.1 Å². The molecule has 1 aliphatic rings. The number of anilines is 1. The number of methoxy groups -OCH3 is 1. The Kier molecular flexibility index (Phi) is 5.39. The van der Waals surface area contributed by atoms with Crippen molar-refractivity contribution in [2.75, 3.05) is 38.6 Å². The van der Waals surface area contributed by atoms with Gasteiger partial charge in [0.1, 0.15) is 0 Å². The number of aromatic nitrogens is 2. The van der Waals surface area contributed by atoms with Crippen molar-refractivity contribution in [3.63, 3.8) is 0 Å². The zero-order valence-corrected chi connectivity index (χ0v) is 13.1. The van der Waals surface area contributed by atoms with Crippen LogP contribution in [0, 0.1) is 5.92 Å². The topological polar surface area (TPSA) is 50.3 Å². The molecule has 106 valence electrons. The summed E-state index contributed by atoms with van der Waals surface area (Å²) in [5, 5.41) is 3.24. The van der Waals surface area contributed by atoms with Gasteiger partial charge in [-0.1, -0.05) is 6.92 Å². The van der Waals surface area contributed by atoms with Gasteiger partial charge in [-0.25, -0.2) is 4.98 Å². The van der Waals surface area contributed by atoms with Gasteiger partial charge in [-0.05, 0) is 47.8 Å². The first-order chi connectivity index (χ1) is 9.19. The summed E-state index contributed by atoms with van der Waals surface area (Å²) in [7, 11) is 1.60. The third-order valence-electron chi connectivity index (χ3n) is 3.49. The van der Waals surface area contributed by atoms with Crippen LogP contribution >= 0.6 is 15.9 Å². The molecule has 0 aromatic carbocycles. The Hall–Kier alpha value is -0.880. The molecule has 1 aromatic heterocycles. The van der Waals surface area contributed by atoms with Crippen molar-refractivity contribution in [1.82, 2.24) is 14.9 Å². The van der Waals surface area contributed by atoms with E-state index in [9.17, 15) is 0 Å². The highest BCUT2D eigenvalue weighted by Gasteiger charge is 2.15. The molecular weight excluding hydrogens is 308 g/mol. The van der Waals surface area contributed by atoms with Gasteiger partial charge in [-0.3, -0.25) is 0 Å². The van der Waals surface area contributed by atoms with Crippen molar-refractivity contribution in [2.24, 2.45) is 5.92 Å². The van der Waals surface area contributed by atoms with Crippen molar-refractivity contribution in [1.29, 1.82) is 0 Å². The van der Waals surface area contributed by atoms with Crippen LogP contribution in [0.4, 0.5) is 5.95 Å². The highest BCUT2D eigenvalue weighted by molar-refractivity contribution is 9.10. The first-order valence-electron chi connectivity index (χ1n) is 6.72. The molecule has 0 bridgehead atoms. The van der Waals surface area contributed by atoms with Crippen LogP contribution in [0.5, 0.6) is 5.88 Å². The van der Waals surface area contributed by atoms with Crippen molar-refractivity contribution < 1.29 is 4.74 Å². The van der Waals surface area contributed by atoms with Gasteiger partial charge in [0.25, 0.3) is 0 Å². The molecule has 2 heterocycles. The van der Waals surface area contributed by atoms with E-state index in [-0.39, 0.29) is 0 Å². The Morgan fingerprint density at radius 2 is 2.21 bits per heavy atom. The zero-order chi connectivity index (χ0) is 13.7. The maximum Gasteiger partial charge on any atom is 0.232 e. The molecule has 19 heavy (non-hydrogen) atoms. The Morgan fingerprint density at radius 3 is 2.89 bits per heavy atom. The largest absolute Gasteiger partial charge is 0.480 e. The highest BCUT2D eigenvalue weighted by atomic mass is 79.9. The van der Waals surface area contributed by atoms with Gasteiger partial charge < -0.3 is 15.0 Å². The van der Waals surface area contributed by atoms with Crippen LogP contribution in [0.2, 0.25) is 0 Å². The molecule has 1 aromatic rings. The molecular formula is C13H21BrN4O. The number of rotatable bonds is 5. The average Bonchev–Trinajstić information content (AvgIpc) is 2.43. The molecule has 0 atom stereocenters. The molecule has 1 saturated heterocycles. The van der Waals surface area contributed by atoms with E-state index >= 15 is 0 Å². The van der Waals surface area contributed by atoms with Crippen molar-refractivity contribution in [3.05, 3.63) is 10.7 Å². The summed E-state index contributed by atoms with van der Waals surface area (Å²) in [6.45, 7) is 6.63. The molecule has 6 heteroatoms. The van der Waals surface area contributed by atoms with Gasteiger partial charge >= 0.3 is 0 Å². The molecule has 0 saturated carbocycles. The number of piperidine rings is 1. The molecule has 5 nitrogen and oxygen atoms in total. The summed E-state index contributed by atoms with van der Waals surface area (Å²) in [4.78, 5) is 11.0. The number of nitrogens with zero attached hydrogens (tertiary/aromatic N) is 3. The smallest absolute Gasteiger partial charge is 0.232 e. The predicted molar refractivity (Wildman–Crippen MR) is 79.6 cm³/mol. The molecule has 0 aliphatic carbocycles. The van der Waals surface area contributed by atoms with Crippen LogP contribution in [0.1, 0.15) is 19.8 Å². The summed E-state index contributed by atoms with van der Waals surface area (Å²) >= 11 is 3.34. The van der Waals surface area contributed by atoms with Crippen LogP contribution in [-0.2, 0) is 0 Å². The summed E-state index contributed by atoms with van der Waals surface area (Å²) in [5.74, 6) is 2.05. The molecule has 0 amide bonds. The monoisotopic (exact) mass is 328 g/mol. The first kappa shape index (κ1) is 14.5. The van der Waals surface area contributed by atoms with Gasteiger partial charge in [-0.15, -0.1) is 0 Å². The summed E-state index contributed by atoms with van der Waals surface area (Å²) in [5.41, 5.74) is 0. The number of halogens is 1. The lowest BCUT2D eigenvalue weighted by Gasteiger charge is -2.30. The molecule has 0 unspecified atom stereocenters. The van der Waals surface area contributed by atoms with Gasteiger partial charge in [0.05, 0.1) is 17.8 Å². The maximum absolute atomic E-state index is 5.15. The standard InChI is InChI=1S/C13H21BrN4O/c1-10-3-6-18(7-4-10)8-5-15-13-16-9-11(14)12(17-13)19-2/h9-10H,3-8H2,1-2H3,(H,15,16,17). The molecule has 1 aliphatic heterocycles. The third kappa shape index (κ3) is 4.31. The molecule has 2 rings (SSSR count). The van der Waals surface area contributed by atoms with Gasteiger partial charge in [-0.2, -0.15) is 4.98 Å². The lowest BCUT2D eigenvalue weighted by atomic mass is 9.99. The highest BCUT2D eigenvalue weighted by Crippen LogP contribution is 2.21. The fourth-order valence-corrected chi connectivity index (χ4v) is 2.54. The Bertz CT molecular complexity index is 408. The minimum atomic E-state index is 0.560. The quantitative estimate of drug-likeness (QED) is 0.899. The molecule has 0 radical (unpaired) electrons. The fourth-order valence-electron chi connectivity index (χ4n) is 2.19. The van der Waals surface area contributed by atoms with E-state index in [2.05, 4.69) is 43.0 Å². The van der Waals surface area contributed by atoms with Crippen LogP contribution in [0.25, 0.3) is 0 Å². The number of hydrogen-bond acceptors (Lipinski definition) is 5. The van der Waals surface area contributed by atoms with E-state index in [4.69, 9.17) is 4.74 Å². The lowest BCUT2D eigenvalue weighted by molar-refractivity contribution is 0.199. The van der Waals surface area contributed by atoms with Crippen LogP contribution in [0.3, 0.4) is 0 Å². The number of likely N-dealkylation sites (tertiary alicyclic amines) is 1.